The molecule has 3 aromatic rings. The largest absolute Gasteiger partial charge is 0.504 e. The lowest BCUT2D eigenvalue weighted by molar-refractivity contribution is 0.373. The van der Waals surface area contributed by atoms with Crippen molar-refractivity contribution in [3.63, 3.8) is 0 Å². The summed E-state index contributed by atoms with van der Waals surface area (Å²) in [6.07, 6.45) is 1.74. The minimum absolute atomic E-state index is 0.189. The molecule has 0 aliphatic carbocycles. The van der Waals surface area contributed by atoms with Gasteiger partial charge in [0.15, 0.2) is 11.5 Å². The zero-order valence-corrected chi connectivity index (χ0v) is 12.0. The number of aryl methyl sites for hydroxylation is 2. The van der Waals surface area contributed by atoms with Crippen LogP contribution in [0, 0.1) is 0 Å². The number of phenols is 1. The van der Waals surface area contributed by atoms with Gasteiger partial charge in [-0.2, -0.15) is 0 Å². The van der Waals surface area contributed by atoms with Crippen LogP contribution in [-0.2, 0) is 12.8 Å². The number of para-hydroxylation sites is 1. The smallest absolute Gasteiger partial charge is 0.160 e. The molecule has 0 amide bonds. The van der Waals surface area contributed by atoms with Crippen molar-refractivity contribution in [2.45, 2.75) is 12.8 Å². The fourth-order valence-electron chi connectivity index (χ4n) is 2.17. The third-order valence-corrected chi connectivity index (χ3v) is 4.31. The van der Waals surface area contributed by atoms with Crippen LogP contribution in [0.15, 0.2) is 42.5 Å². The van der Waals surface area contributed by atoms with E-state index < -0.39 is 0 Å². The molecular formula is C16H15NO2S. The molecule has 0 radical (unpaired) electrons. The van der Waals surface area contributed by atoms with Gasteiger partial charge in [0.25, 0.3) is 0 Å². The summed E-state index contributed by atoms with van der Waals surface area (Å²) in [6, 6.07) is 13.7. The van der Waals surface area contributed by atoms with E-state index in [9.17, 15) is 5.11 Å². The van der Waals surface area contributed by atoms with Crippen molar-refractivity contribution in [3.8, 4) is 11.5 Å². The number of aromatic nitrogens is 1. The number of hydrogen-bond acceptors (Lipinski definition) is 4. The maximum absolute atomic E-state index is 9.76. The Balaban J connectivity index is 1.74. The van der Waals surface area contributed by atoms with Crippen LogP contribution in [0.25, 0.3) is 10.2 Å². The van der Waals surface area contributed by atoms with Gasteiger partial charge in [-0.3, -0.25) is 0 Å². The second-order valence-electron chi connectivity index (χ2n) is 4.58. The maximum atomic E-state index is 9.76. The van der Waals surface area contributed by atoms with Crippen molar-refractivity contribution in [1.29, 1.82) is 0 Å². The Bertz CT molecular complexity index is 703. The summed E-state index contributed by atoms with van der Waals surface area (Å²) in [7, 11) is 1.55. The zero-order chi connectivity index (χ0) is 13.9. The third kappa shape index (κ3) is 2.60. The molecule has 0 fully saturated rings. The van der Waals surface area contributed by atoms with Crippen LogP contribution in [0.5, 0.6) is 11.5 Å². The highest BCUT2D eigenvalue weighted by Crippen LogP contribution is 2.27. The van der Waals surface area contributed by atoms with Gasteiger partial charge < -0.3 is 9.84 Å². The molecular weight excluding hydrogens is 270 g/mol. The lowest BCUT2D eigenvalue weighted by atomic mass is 10.1. The van der Waals surface area contributed by atoms with E-state index in [1.54, 1.807) is 30.6 Å². The molecule has 4 heteroatoms. The minimum atomic E-state index is 0.189. The number of methoxy groups -OCH3 is 1. The van der Waals surface area contributed by atoms with E-state index in [1.807, 2.05) is 24.3 Å². The summed E-state index contributed by atoms with van der Waals surface area (Å²) in [5.41, 5.74) is 2.15. The Labute approximate surface area is 121 Å². The van der Waals surface area contributed by atoms with Gasteiger partial charge >= 0.3 is 0 Å². The predicted octanol–water partition coefficient (Wildman–Crippen LogP) is 3.80. The van der Waals surface area contributed by atoms with Gasteiger partial charge in [-0.25, -0.2) is 4.98 Å². The maximum Gasteiger partial charge on any atom is 0.160 e. The van der Waals surface area contributed by atoms with Crippen molar-refractivity contribution < 1.29 is 9.84 Å². The van der Waals surface area contributed by atoms with Crippen molar-refractivity contribution in [2.75, 3.05) is 7.11 Å². The number of fused-ring (bicyclic) bond motifs is 1. The van der Waals surface area contributed by atoms with Crippen molar-refractivity contribution in [3.05, 3.63) is 53.0 Å². The predicted molar refractivity (Wildman–Crippen MR) is 81.7 cm³/mol. The van der Waals surface area contributed by atoms with Gasteiger partial charge in [-0.05, 0) is 36.2 Å². The molecule has 1 N–H and O–H groups in total. The molecule has 20 heavy (non-hydrogen) atoms. The van der Waals surface area contributed by atoms with Crippen LogP contribution in [0.4, 0.5) is 0 Å². The van der Waals surface area contributed by atoms with E-state index in [2.05, 4.69) is 11.1 Å². The molecule has 0 aliphatic heterocycles. The van der Waals surface area contributed by atoms with Gasteiger partial charge in [0.05, 0.1) is 22.3 Å². The first-order chi connectivity index (χ1) is 9.76. The summed E-state index contributed by atoms with van der Waals surface area (Å²) in [4.78, 5) is 4.62. The molecule has 0 saturated carbocycles. The van der Waals surface area contributed by atoms with Gasteiger partial charge in [-0.1, -0.05) is 18.2 Å². The van der Waals surface area contributed by atoms with Crippen molar-refractivity contribution in [2.24, 2.45) is 0 Å². The van der Waals surface area contributed by atoms with Crippen molar-refractivity contribution in [1.82, 2.24) is 4.98 Å². The molecule has 0 unspecified atom stereocenters. The van der Waals surface area contributed by atoms with Crippen LogP contribution < -0.4 is 4.74 Å². The van der Waals surface area contributed by atoms with E-state index in [0.29, 0.717) is 5.75 Å². The molecule has 0 atom stereocenters. The monoisotopic (exact) mass is 285 g/mol. The number of ether oxygens (including phenoxy) is 1. The summed E-state index contributed by atoms with van der Waals surface area (Å²) in [6.45, 7) is 0. The van der Waals surface area contributed by atoms with Crippen molar-refractivity contribution >= 4 is 21.6 Å². The molecule has 2 aromatic carbocycles. The number of thiazole rings is 1. The quantitative estimate of drug-likeness (QED) is 0.793. The molecule has 0 saturated heterocycles. The minimum Gasteiger partial charge on any atom is -0.504 e. The summed E-state index contributed by atoms with van der Waals surface area (Å²) >= 11 is 1.73. The average molecular weight is 285 g/mol. The number of rotatable bonds is 4. The number of benzene rings is 2. The third-order valence-electron chi connectivity index (χ3n) is 3.21. The Kier molecular flexibility index (Phi) is 3.56. The van der Waals surface area contributed by atoms with E-state index in [4.69, 9.17) is 4.74 Å². The van der Waals surface area contributed by atoms with Crippen LogP contribution in [-0.4, -0.2) is 17.2 Å². The average Bonchev–Trinajstić information content (AvgIpc) is 2.88. The molecule has 0 spiro atoms. The molecule has 102 valence electrons. The Morgan fingerprint density at radius 2 is 2.00 bits per heavy atom. The zero-order valence-electron chi connectivity index (χ0n) is 11.2. The van der Waals surface area contributed by atoms with Crippen LogP contribution >= 0.6 is 11.3 Å². The fraction of sp³-hybridized carbons (Fsp3) is 0.188. The Morgan fingerprint density at radius 1 is 1.15 bits per heavy atom. The van der Waals surface area contributed by atoms with E-state index in [1.165, 1.54) is 4.70 Å². The first kappa shape index (κ1) is 12.9. The van der Waals surface area contributed by atoms with Gasteiger partial charge in [0, 0.05) is 6.42 Å². The molecule has 3 rings (SSSR count). The Hall–Kier alpha value is -2.07. The highest BCUT2D eigenvalue weighted by atomic mass is 32.1. The van der Waals surface area contributed by atoms with E-state index in [0.717, 1.165) is 28.9 Å². The van der Waals surface area contributed by atoms with E-state index >= 15 is 0 Å². The summed E-state index contributed by atoms with van der Waals surface area (Å²) in [5.74, 6) is 0.697. The standard InChI is InChI=1S/C16H15NO2S/c1-19-14-8-6-11(10-13(14)18)7-9-16-17-12-4-2-3-5-15(12)20-16/h2-6,8,10,18H,7,9H2,1H3. The van der Waals surface area contributed by atoms with Crippen LogP contribution in [0.3, 0.4) is 0 Å². The highest BCUT2D eigenvalue weighted by Gasteiger charge is 2.06. The second-order valence-corrected chi connectivity index (χ2v) is 5.70. The topological polar surface area (TPSA) is 42.4 Å². The number of aromatic hydroxyl groups is 1. The molecule has 1 heterocycles. The molecule has 1 aromatic heterocycles. The number of hydrogen-bond donors (Lipinski definition) is 1. The Morgan fingerprint density at radius 3 is 2.75 bits per heavy atom. The number of nitrogens with zero attached hydrogens (tertiary/aromatic N) is 1. The van der Waals surface area contributed by atoms with Crippen LogP contribution in [0.2, 0.25) is 0 Å². The normalized spacial score (nSPS) is 10.8. The first-order valence-electron chi connectivity index (χ1n) is 6.46. The van der Waals surface area contributed by atoms with Gasteiger partial charge in [0.2, 0.25) is 0 Å². The van der Waals surface area contributed by atoms with Crippen LogP contribution in [0.1, 0.15) is 10.6 Å². The van der Waals surface area contributed by atoms with Gasteiger partial charge in [0.1, 0.15) is 0 Å². The van der Waals surface area contributed by atoms with E-state index in [-0.39, 0.29) is 5.75 Å². The fourth-order valence-corrected chi connectivity index (χ4v) is 3.14. The summed E-state index contributed by atoms with van der Waals surface area (Å²) in [5, 5.41) is 10.9. The number of phenolic OH excluding ortho intramolecular Hbond substituents is 1. The second kappa shape index (κ2) is 5.51. The highest BCUT2D eigenvalue weighted by molar-refractivity contribution is 7.18. The SMILES string of the molecule is COc1ccc(CCc2nc3ccccc3s2)cc1O. The molecule has 3 nitrogen and oxygen atoms in total. The van der Waals surface area contributed by atoms with Gasteiger partial charge in [-0.15, -0.1) is 11.3 Å². The first-order valence-corrected chi connectivity index (χ1v) is 7.28. The molecule has 0 bridgehead atoms. The lowest BCUT2D eigenvalue weighted by Crippen LogP contribution is -1.91. The summed E-state index contributed by atoms with van der Waals surface area (Å²) < 4.78 is 6.26. The molecule has 0 aliphatic rings. The lowest BCUT2D eigenvalue weighted by Gasteiger charge is -2.05.